The van der Waals surface area contributed by atoms with Crippen LogP contribution in [0.1, 0.15) is 26.2 Å². The third-order valence-corrected chi connectivity index (χ3v) is 3.14. The van der Waals surface area contributed by atoms with E-state index in [1.807, 2.05) is 0 Å². The van der Waals surface area contributed by atoms with Crippen molar-refractivity contribution < 1.29 is 24.5 Å². The Morgan fingerprint density at radius 3 is 2.65 bits per heavy atom. The first-order valence-electron chi connectivity index (χ1n) is 5.63. The number of esters is 1. The van der Waals surface area contributed by atoms with Gasteiger partial charge in [-0.2, -0.15) is 0 Å². The van der Waals surface area contributed by atoms with E-state index in [0.29, 0.717) is 6.42 Å². The van der Waals surface area contributed by atoms with E-state index in [2.05, 4.69) is 0 Å². The largest absolute Gasteiger partial charge is 0.466 e. The molecule has 3 unspecified atom stereocenters. The molecule has 1 aliphatic carbocycles. The van der Waals surface area contributed by atoms with Crippen molar-refractivity contribution in [2.75, 3.05) is 6.61 Å². The van der Waals surface area contributed by atoms with Gasteiger partial charge in [0.05, 0.1) is 18.3 Å². The van der Waals surface area contributed by atoms with Gasteiger partial charge in [-0.15, -0.1) is 0 Å². The van der Waals surface area contributed by atoms with E-state index in [-0.39, 0.29) is 19.4 Å². The van der Waals surface area contributed by atoms with Crippen LogP contribution < -0.4 is 0 Å². The van der Waals surface area contributed by atoms with Crippen molar-refractivity contribution in [1.82, 2.24) is 0 Å². The predicted octanol–water partition coefficient (Wildman–Crippen LogP) is -0.162. The zero-order chi connectivity index (χ0) is 13.0. The molecule has 0 aromatic carbocycles. The van der Waals surface area contributed by atoms with Crippen LogP contribution in [0.15, 0.2) is 0 Å². The summed E-state index contributed by atoms with van der Waals surface area (Å²) in [7, 11) is -1.71. The first-order valence-corrected chi connectivity index (χ1v) is 5.63. The predicted molar refractivity (Wildman–Crippen MR) is 58.7 cm³/mol. The van der Waals surface area contributed by atoms with Gasteiger partial charge in [0.25, 0.3) is 0 Å². The van der Waals surface area contributed by atoms with E-state index in [0.717, 1.165) is 0 Å². The number of ether oxygens (including phenoxy) is 1. The van der Waals surface area contributed by atoms with Gasteiger partial charge in [-0.1, -0.05) is 0 Å². The van der Waals surface area contributed by atoms with Crippen LogP contribution in [-0.4, -0.2) is 40.7 Å². The molecule has 1 saturated carbocycles. The molecule has 0 heterocycles. The SMILES string of the molecule is CCOC(=O)C1CCC(B(O)O)C([N+](=O)[O-])C1. The van der Waals surface area contributed by atoms with Crippen molar-refractivity contribution in [3.63, 3.8) is 0 Å². The molecule has 3 atom stereocenters. The minimum absolute atomic E-state index is 0.00806. The zero-order valence-corrected chi connectivity index (χ0v) is 9.61. The average molecular weight is 245 g/mol. The first-order chi connectivity index (χ1) is 7.97. The maximum absolute atomic E-state index is 11.5. The average Bonchev–Trinajstić information content (AvgIpc) is 2.28. The molecule has 0 saturated heterocycles. The summed E-state index contributed by atoms with van der Waals surface area (Å²) in [4.78, 5) is 21.8. The summed E-state index contributed by atoms with van der Waals surface area (Å²) in [5.41, 5.74) is 0. The number of nitrogens with zero attached hydrogens (tertiary/aromatic N) is 1. The van der Waals surface area contributed by atoms with Gasteiger partial charge in [0.15, 0.2) is 0 Å². The van der Waals surface area contributed by atoms with Crippen molar-refractivity contribution in [2.45, 2.75) is 38.0 Å². The first kappa shape index (κ1) is 13.9. The monoisotopic (exact) mass is 245 g/mol. The lowest BCUT2D eigenvalue weighted by Gasteiger charge is -2.29. The maximum atomic E-state index is 11.5. The number of hydrogen-bond acceptors (Lipinski definition) is 6. The van der Waals surface area contributed by atoms with Crippen molar-refractivity contribution in [3.8, 4) is 0 Å². The Balaban J connectivity index is 2.68. The van der Waals surface area contributed by atoms with Crippen LogP contribution in [0.3, 0.4) is 0 Å². The minimum Gasteiger partial charge on any atom is -0.466 e. The molecule has 0 aromatic rings. The van der Waals surface area contributed by atoms with Crippen LogP contribution in [-0.2, 0) is 9.53 Å². The molecule has 1 aliphatic rings. The van der Waals surface area contributed by atoms with Crippen molar-refractivity contribution in [3.05, 3.63) is 10.1 Å². The summed E-state index contributed by atoms with van der Waals surface area (Å²) in [6, 6.07) is -1.10. The molecule has 0 aromatic heterocycles. The second-order valence-corrected chi connectivity index (χ2v) is 4.19. The van der Waals surface area contributed by atoms with Crippen molar-refractivity contribution in [1.29, 1.82) is 0 Å². The minimum atomic E-state index is -1.71. The molecule has 0 aliphatic heterocycles. The Kier molecular flexibility index (Phi) is 4.89. The fourth-order valence-electron chi connectivity index (χ4n) is 2.23. The molecule has 0 radical (unpaired) electrons. The Morgan fingerprint density at radius 2 is 2.18 bits per heavy atom. The van der Waals surface area contributed by atoms with Gasteiger partial charge >= 0.3 is 13.1 Å². The van der Waals surface area contributed by atoms with Gasteiger partial charge in [0.2, 0.25) is 6.04 Å². The Hall–Kier alpha value is -1.15. The number of carbonyl (C=O) groups is 1. The molecule has 0 spiro atoms. The van der Waals surface area contributed by atoms with Gasteiger partial charge in [0, 0.05) is 11.3 Å². The summed E-state index contributed by atoms with van der Waals surface area (Å²) in [6.45, 7) is 1.91. The van der Waals surface area contributed by atoms with Crippen LogP contribution >= 0.6 is 0 Å². The van der Waals surface area contributed by atoms with Gasteiger partial charge < -0.3 is 14.8 Å². The van der Waals surface area contributed by atoms with Gasteiger partial charge in [0.1, 0.15) is 0 Å². The van der Waals surface area contributed by atoms with Gasteiger partial charge in [-0.3, -0.25) is 14.9 Å². The molecule has 1 fully saturated rings. The Bertz CT molecular complexity index is 297. The molecule has 17 heavy (non-hydrogen) atoms. The Morgan fingerprint density at radius 1 is 1.53 bits per heavy atom. The van der Waals surface area contributed by atoms with Crippen LogP contribution in [0.5, 0.6) is 0 Å². The van der Waals surface area contributed by atoms with E-state index in [1.165, 1.54) is 0 Å². The summed E-state index contributed by atoms with van der Waals surface area (Å²) in [5.74, 6) is -1.76. The van der Waals surface area contributed by atoms with Crippen LogP contribution in [0.2, 0.25) is 5.82 Å². The highest BCUT2D eigenvalue weighted by molar-refractivity contribution is 6.43. The lowest BCUT2D eigenvalue weighted by molar-refractivity contribution is -0.527. The molecule has 1 rings (SSSR count). The van der Waals surface area contributed by atoms with Crippen LogP contribution in [0.25, 0.3) is 0 Å². The molecule has 96 valence electrons. The summed E-state index contributed by atoms with van der Waals surface area (Å²) in [5, 5.41) is 28.9. The lowest BCUT2D eigenvalue weighted by atomic mass is 9.61. The van der Waals surface area contributed by atoms with E-state index in [1.54, 1.807) is 6.92 Å². The molecule has 2 N–H and O–H groups in total. The lowest BCUT2D eigenvalue weighted by Crippen LogP contribution is -2.42. The molecular formula is C9H16BNO6. The zero-order valence-electron chi connectivity index (χ0n) is 9.61. The highest BCUT2D eigenvalue weighted by Gasteiger charge is 2.46. The molecule has 8 heteroatoms. The number of carbonyl (C=O) groups excluding carboxylic acids is 1. The van der Waals surface area contributed by atoms with Crippen LogP contribution in [0, 0.1) is 16.0 Å². The van der Waals surface area contributed by atoms with E-state index < -0.39 is 35.8 Å². The van der Waals surface area contributed by atoms with Crippen molar-refractivity contribution >= 4 is 13.1 Å². The van der Waals surface area contributed by atoms with Crippen molar-refractivity contribution in [2.24, 2.45) is 5.92 Å². The quantitative estimate of drug-likeness (QED) is 0.308. The molecule has 0 bridgehead atoms. The molecule has 0 amide bonds. The third-order valence-electron chi connectivity index (χ3n) is 3.14. The second kappa shape index (κ2) is 5.97. The molecular weight excluding hydrogens is 229 g/mol. The number of rotatable bonds is 4. The highest BCUT2D eigenvalue weighted by Crippen LogP contribution is 2.36. The van der Waals surface area contributed by atoms with Crippen LogP contribution in [0.4, 0.5) is 0 Å². The van der Waals surface area contributed by atoms with Gasteiger partial charge in [-0.25, -0.2) is 0 Å². The fraction of sp³-hybridized carbons (Fsp3) is 0.889. The van der Waals surface area contributed by atoms with E-state index in [4.69, 9.17) is 14.8 Å². The number of hydrogen-bond donors (Lipinski definition) is 2. The van der Waals surface area contributed by atoms with E-state index >= 15 is 0 Å². The second-order valence-electron chi connectivity index (χ2n) is 4.19. The third kappa shape index (κ3) is 3.40. The normalized spacial score (nSPS) is 28.5. The number of nitro groups is 1. The molecule has 7 nitrogen and oxygen atoms in total. The highest BCUT2D eigenvalue weighted by atomic mass is 16.6. The topological polar surface area (TPSA) is 110 Å². The van der Waals surface area contributed by atoms with E-state index in [9.17, 15) is 14.9 Å². The standard InChI is InChI=1S/C9H16BNO6/c1-2-17-9(12)6-3-4-7(10(13)14)8(5-6)11(15)16/h6-8,13-14H,2-5H2,1H3. The smallest absolute Gasteiger partial charge is 0.461 e. The fourth-order valence-corrected chi connectivity index (χ4v) is 2.23. The van der Waals surface area contributed by atoms with Gasteiger partial charge in [-0.05, 0) is 19.8 Å². The summed E-state index contributed by atoms with van der Waals surface area (Å²) in [6.07, 6.45) is 0.645. The summed E-state index contributed by atoms with van der Waals surface area (Å²) < 4.78 is 4.82. The summed E-state index contributed by atoms with van der Waals surface area (Å²) >= 11 is 0. The maximum Gasteiger partial charge on any atom is 0.461 e. The Labute approximate surface area is 99.1 Å².